The van der Waals surface area contributed by atoms with Crippen molar-refractivity contribution < 1.29 is 19.1 Å². The van der Waals surface area contributed by atoms with Crippen LogP contribution in [0.2, 0.25) is 0 Å². The minimum Gasteiger partial charge on any atom is -0.492 e. The minimum absolute atomic E-state index is 0.127. The molecule has 1 heterocycles. The van der Waals surface area contributed by atoms with Gasteiger partial charge < -0.3 is 19.4 Å². The van der Waals surface area contributed by atoms with Gasteiger partial charge in [0.05, 0.1) is 12.6 Å². The number of carbonyl (C=O) groups excluding carboxylic acids is 2. The molecule has 0 saturated carbocycles. The van der Waals surface area contributed by atoms with Gasteiger partial charge in [0.1, 0.15) is 0 Å². The number of amides is 1. The van der Waals surface area contributed by atoms with Gasteiger partial charge in [-0.05, 0) is 24.6 Å². The topological polar surface area (TPSA) is 86.6 Å². The van der Waals surface area contributed by atoms with Crippen LogP contribution in [-0.4, -0.2) is 24.1 Å². The number of benzene rings is 1. The summed E-state index contributed by atoms with van der Waals surface area (Å²) in [6.45, 7) is 4.24. The first kappa shape index (κ1) is 19.5. The highest BCUT2D eigenvalue weighted by Crippen LogP contribution is 2.33. The van der Waals surface area contributed by atoms with Gasteiger partial charge in [-0.2, -0.15) is 0 Å². The Morgan fingerprint density at radius 3 is 2.62 bits per heavy atom. The number of hydrogen-bond donors (Lipinski definition) is 1. The summed E-state index contributed by atoms with van der Waals surface area (Å²) in [7, 11) is 1.42. The number of hydrogen-bond acceptors (Lipinski definition) is 5. The van der Waals surface area contributed by atoms with E-state index < -0.39 is 5.56 Å². The number of carbonyl (C=O) groups is 2. The molecule has 26 heavy (non-hydrogen) atoms. The van der Waals surface area contributed by atoms with Crippen molar-refractivity contribution in [3.05, 3.63) is 28.6 Å². The molecular formula is C19H24N2O5. The van der Waals surface area contributed by atoms with Crippen LogP contribution in [-0.2, 0) is 16.1 Å². The molecule has 7 heteroatoms. The molecule has 0 spiro atoms. The quantitative estimate of drug-likeness (QED) is 0.548. The Labute approximate surface area is 151 Å². The Hall–Kier alpha value is -2.83. The first-order valence-electron chi connectivity index (χ1n) is 8.65. The van der Waals surface area contributed by atoms with Crippen molar-refractivity contribution in [1.82, 2.24) is 4.57 Å². The van der Waals surface area contributed by atoms with Crippen LogP contribution in [0, 0.1) is 0 Å². The third kappa shape index (κ3) is 4.22. The molecule has 0 fully saturated rings. The van der Waals surface area contributed by atoms with E-state index in [1.807, 2.05) is 0 Å². The molecule has 1 N–H and O–H groups in total. The van der Waals surface area contributed by atoms with Crippen LogP contribution in [0.3, 0.4) is 0 Å². The van der Waals surface area contributed by atoms with E-state index in [0.717, 1.165) is 25.7 Å². The zero-order valence-corrected chi connectivity index (χ0v) is 15.3. The van der Waals surface area contributed by atoms with E-state index in [1.54, 1.807) is 22.8 Å². The standard InChI is InChI=1S/C19H24N2O5/c1-4-5-6-7-10-21-16-11-14(20-13(2)23)8-9-15(16)17(25-3)18(19(21)24)26-12-22/h8-9,11-12H,4-7,10H2,1-3H3,(H,20,23). The maximum absolute atomic E-state index is 12.9. The molecule has 1 aromatic carbocycles. The predicted molar refractivity (Wildman–Crippen MR) is 99.9 cm³/mol. The second-order valence-corrected chi connectivity index (χ2v) is 6.01. The molecule has 0 saturated heterocycles. The van der Waals surface area contributed by atoms with Crippen molar-refractivity contribution in [3.8, 4) is 11.5 Å². The third-order valence-corrected chi connectivity index (χ3v) is 4.10. The van der Waals surface area contributed by atoms with Crippen molar-refractivity contribution >= 4 is 29.0 Å². The Balaban J connectivity index is 2.64. The van der Waals surface area contributed by atoms with Crippen LogP contribution in [0.25, 0.3) is 10.9 Å². The molecule has 140 valence electrons. The second kappa shape index (κ2) is 9.03. The molecule has 1 amide bonds. The third-order valence-electron chi connectivity index (χ3n) is 4.10. The number of methoxy groups -OCH3 is 1. The van der Waals surface area contributed by atoms with Gasteiger partial charge in [0.25, 0.3) is 12.0 Å². The van der Waals surface area contributed by atoms with E-state index in [9.17, 15) is 14.4 Å². The Bertz CT molecular complexity index is 857. The summed E-state index contributed by atoms with van der Waals surface area (Å²) < 4.78 is 11.8. The number of rotatable bonds is 9. The Kier molecular flexibility index (Phi) is 6.77. The molecule has 0 bridgehead atoms. The summed E-state index contributed by atoms with van der Waals surface area (Å²) >= 11 is 0. The van der Waals surface area contributed by atoms with E-state index in [4.69, 9.17) is 9.47 Å². The largest absolute Gasteiger partial charge is 0.492 e. The fourth-order valence-corrected chi connectivity index (χ4v) is 2.95. The lowest BCUT2D eigenvalue weighted by Gasteiger charge is -2.16. The first-order chi connectivity index (χ1) is 12.5. The summed E-state index contributed by atoms with van der Waals surface area (Å²) in [5.74, 6) is -0.122. The van der Waals surface area contributed by atoms with Crippen LogP contribution >= 0.6 is 0 Å². The molecule has 0 unspecified atom stereocenters. The summed E-state index contributed by atoms with van der Waals surface area (Å²) in [6.07, 6.45) is 3.98. The van der Waals surface area contributed by atoms with Gasteiger partial charge in [-0.3, -0.25) is 14.4 Å². The number of ether oxygens (including phenoxy) is 2. The number of fused-ring (bicyclic) bond motifs is 1. The van der Waals surface area contributed by atoms with Crippen LogP contribution < -0.4 is 20.3 Å². The smallest absolute Gasteiger partial charge is 0.298 e. The van der Waals surface area contributed by atoms with E-state index in [0.29, 0.717) is 23.1 Å². The number of unbranched alkanes of at least 4 members (excludes halogenated alkanes) is 3. The SMILES string of the molecule is CCCCCCn1c(=O)c(OC=O)c(OC)c2ccc(NC(C)=O)cc21. The molecular weight excluding hydrogens is 336 g/mol. The van der Waals surface area contributed by atoms with Crippen molar-refractivity contribution in [2.24, 2.45) is 0 Å². The maximum atomic E-state index is 12.9. The second-order valence-electron chi connectivity index (χ2n) is 6.01. The highest BCUT2D eigenvalue weighted by Gasteiger charge is 2.19. The molecule has 7 nitrogen and oxygen atoms in total. The molecule has 0 aliphatic rings. The van der Waals surface area contributed by atoms with Gasteiger partial charge in [-0.15, -0.1) is 0 Å². The molecule has 0 radical (unpaired) electrons. The zero-order valence-electron chi connectivity index (χ0n) is 15.3. The van der Waals surface area contributed by atoms with E-state index in [1.165, 1.54) is 14.0 Å². The number of nitrogens with zero attached hydrogens (tertiary/aromatic N) is 1. The average Bonchev–Trinajstić information content (AvgIpc) is 2.61. The van der Waals surface area contributed by atoms with Gasteiger partial charge in [0, 0.05) is 24.5 Å². The molecule has 0 aliphatic heterocycles. The normalized spacial score (nSPS) is 10.6. The van der Waals surface area contributed by atoms with E-state index in [2.05, 4.69) is 12.2 Å². The number of aromatic nitrogens is 1. The Morgan fingerprint density at radius 2 is 2.00 bits per heavy atom. The lowest BCUT2D eigenvalue weighted by molar-refractivity contribution is -0.121. The minimum atomic E-state index is -0.432. The summed E-state index contributed by atoms with van der Waals surface area (Å²) in [4.78, 5) is 35.0. The highest BCUT2D eigenvalue weighted by atomic mass is 16.5. The monoisotopic (exact) mass is 360 g/mol. The van der Waals surface area contributed by atoms with Crippen LogP contribution in [0.4, 0.5) is 5.69 Å². The lowest BCUT2D eigenvalue weighted by atomic mass is 10.1. The van der Waals surface area contributed by atoms with E-state index in [-0.39, 0.29) is 23.9 Å². The number of nitrogens with one attached hydrogen (secondary N) is 1. The van der Waals surface area contributed by atoms with Crippen molar-refractivity contribution in [3.63, 3.8) is 0 Å². The fraction of sp³-hybridized carbons (Fsp3) is 0.421. The summed E-state index contributed by atoms with van der Waals surface area (Å²) in [6, 6.07) is 5.17. The van der Waals surface area contributed by atoms with Gasteiger partial charge >= 0.3 is 0 Å². The zero-order chi connectivity index (χ0) is 19.1. The van der Waals surface area contributed by atoms with Gasteiger partial charge in [0.2, 0.25) is 11.7 Å². The van der Waals surface area contributed by atoms with Crippen LogP contribution in [0.15, 0.2) is 23.0 Å². The molecule has 1 aromatic heterocycles. The Morgan fingerprint density at radius 1 is 1.23 bits per heavy atom. The van der Waals surface area contributed by atoms with Crippen molar-refractivity contribution in [2.45, 2.75) is 46.1 Å². The number of aryl methyl sites for hydroxylation is 1. The summed E-state index contributed by atoms with van der Waals surface area (Å²) in [5.41, 5.74) is 0.767. The highest BCUT2D eigenvalue weighted by molar-refractivity contribution is 5.95. The fourth-order valence-electron chi connectivity index (χ4n) is 2.95. The van der Waals surface area contributed by atoms with Crippen LogP contribution in [0.1, 0.15) is 39.5 Å². The lowest BCUT2D eigenvalue weighted by Crippen LogP contribution is -2.23. The molecule has 0 aliphatic carbocycles. The van der Waals surface area contributed by atoms with Crippen molar-refractivity contribution in [1.29, 1.82) is 0 Å². The van der Waals surface area contributed by atoms with Gasteiger partial charge in [-0.1, -0.05) is 26.2 Å². The van der Waals surface area contributed by atoms with Crippen LogP contribution in [0.5, 0.6) is 11.5 Å². The first-order valence-corrected chi connectivity index (χ1v) is 8.65. The summed E-state index contributed by atoms with van der Waals surface area (Å²) in [5, 5.41) is 3.35. The maximum Gasteiger partial charge on any atom is 0.298 e. The average molecular weight is 360 g/mol. The van der Waals surface area contributed by atoms with Gasteiger partial charge in [0.15, 0.2) is 5.75 Å². The molecule has 2 aromatic rings. The van der Waals surface area contributed by atoms with E-state index >= 15 is 0 Å². The molecule has 0 atom stereocenters. The predicted octanol–water partition coefficient (Wildman–Crippen LogP) is 3.08. The van der Waals surface area contributed by atoms with Crippen molar-refractivity contribution in [2.75, 3.05) is 12.4 Å². The number of pyridine rings is 1. The molecule has 2 rings (SSSR count). The number of anilines is 1. The van der Waals surface area contributed by atoms with Gasteiger partial charge in [-0.25, -0.2) is 0 Å².